The van der Waals surface area contributed by atoms with Gasteiger partial charge in [0.1, 0.15) is 5.01 Å². The highest BCUT2D eigenvalue weighted by atomic mass is 32.1. The molecule has 1 heterocycles. The summed E-state index contributed by atoms with van der Waals surface area (Å²) in [4.78, 5) is 17.1. The van der Waals surface area contributed by atoms with Crippen molar-refractivity contribution < 1.29 is 18.0 Å². The zero-order chi connectivity index (χ0) is 21.8. The maximum atomic E-state index is 12.7. The van der Waals surface area contributed by atoms with Crippen LogP contribution in [0.2, 0.25) is 0 Å². The van der Waals surface area contributed by atoms with E-state index in [0.717, 1.165) is 34.0 Å². The van der Waals surface area contributed by atoms with Crippen molar-refractivity contribution in [1.82, 2.24) is 4.98 Å². The van der Waals surface area contributed by atoms with E-state index in [9.17, 15) is 18.0 Å². The number of nitrogens with zero attached hydrogens (tertiary/aromatic N) is 1. The highest BCUT2D eigenvalue weighted by molar-refractivity contribution is 7.13. The van der Waals surface area contributed by atoms with Crippen LogP contribution < -0.4 is 10.6 Å². The minimum Gasteiger partial charge on any atom is -0.308 e. The van der Waals surface area contributed by atoms with Gasteiger partial charge in [0, 0.05) is 22.2 Å². The lowest BCUT2D eigenvalue weighted by atomic mass is 10.1. The molecule has 0 saturated carbocycles. The summed E-state index contributed by atoms with van der Waals surface area (Å²) in [5.41, 5.74) is 2.60. The smallest absolute Gasteiger partial charge is 0.308 e. The fraction of sp³-hybridized carbons (Fsp3) is 0.0435. The monoisotopic (exact) mass is 439 g/mol. The number of halogens is 3. The predicted molar refractivity (Wildman–Crippen MR) is 117 cm³/mol. The summed E-state index contributed by atoms with van der Waals surface area (Å²) in [6, 6.07) is 20.7. The Hall–Kier alpha value is -3.65. The minimum absolute atomic E-state index is 0.253. The fourth-order valence-electron chi connectivity index (χ4n) is 2.94. The number of thiazole rings is 1. The largest absolute Gasteiger partial charge is 0.416 e. The molecule has 4 aromatic rings. The van der Waals surface area contributed by atoms with Gasteiger partial charge in [-0.2, -0.15) is 13.2 Å². The van der Waals surface area contributed by atoms with Crippen LogP contribution in [0.15, 0.2) is 84.2 Å². The van der Waals surface area contributed by atoms with E-state index < -0.39 is 17.8 Å². The van der Waals surface area contributed by atoms with E-state index in [0.29, 0.717) is 5.69 Å². The van der Waals surface area contributed by atoms with Crippen LogP contribution in [0, 0.1) is 0 Å². The predicted octanol–water partition coefficient (Wildman–Crippen LogP) is 7.14. The SMILES string of the molecule is O=C(Nc1ccc(C(F)(F)F)cc1)Nc1ccccc1-c1nc(-c2ccccc2)cs1. The Morgan fingerprint density at radius 2 is 1.52 bits per heavy atom. The molecule has 0 fully saturated rings. The number of para-hydroxylation sites is 1. The van der Waals surface area contributed by atoms with Gasteiger partial charge < -0.3 is 10.6 Å². The number of carbonyl (C=O) groups excluding carboxylic acids is 1. The number of benzene rings is 3. The van der Waals surface area contributed by atoms with Crippen LogP contribution in [0.5, 0.6) is 0 Å². The molecule has 0 spiro atoms. The number of carbonyl (C=O) groups is 1. The maximum absolute atomic E-state index is 12.7. The topological polar surface area (TPSA) is 54.0 Å². The van der Waals surface area contributed by atoms with Gasteiger partial charge in [-0.25, -0.2) is 9.78 Å². The van der Waals surface area contributed by atoms with Gasteiger partial charge in [-0.3, -0.25) is 0 Å². The average Bonchev–Trinajstić information content (AvgIpc) is 3.24. The number of aromatic nitrogens is 1. The molecule has 0 bridgehead atoms. The van der Waals surface area contributed by atoms with Crippen LogP contribution in [0.1, 0.15) is 5.56 Å². The fourth-order valence-corrected chi connectivity index (χ4v) is 3.81. The summed E-state index contributed by atoms with van der Waals surface area (Å²) in [7, 11) is 0. The molecule has 8 heteroatoms. The van der Waals surface area contributed by atoms with Gasteiger partial charge in [0.25, 0.3) is 0 Å². The zero-order valence-corrected chi connectivity index (χ0v) is 16.8. The molecule has 156 valence electrons. The van der Waals surface area contributed by atoms with Gasteiger partial charge in [0.2, 0.25) is 0 Å². The van der Waals surface area contributed by atoms with Crippen LogP contribution in [-0.2, 0) is 6.18 Å². The zero-order valence-electron chi connectivity index (χ0n) is 16.0. The van der Waals surface area contributed by atoms with E-state index in [1.54, 1.807) is 12.1 Å². The molecule has 4 rings (SSSR count). The third kappa shape index (κ3) is 4.92. The van der Waals surface area contributed by atoms with E-state index in [1.807, 2.05) is 47.8 Å². The first kappa shape index (κ1) is 20.6. The molecular formula is C23H16F3N3OS. The summed E-state index contributed by atoms with van der Waals surface area (Å²) in [6.45, 7) is 0. The van der Waals surface area contributed by atoms with Crippen molar-refractivity contribution in [2.24, 2.45) is 0 Å². The molecule has 2 amide bonds. The normalized spacial score (nSPS) is 11.2. The maximum Gasteiger partial charge on any atom is 0.416 e. The molecule has 0 aliphatic heterocycles. The van der Waals surface area contributed by atoms with E-state index in [4.69, 9.17) is 0 Å². The molecule has 4 nitrogen and oxygen atoms in total. The Morgan fingerprint density at radius 1 is 0.839 bits per heavy atom. The number of hydrogen-bond acceptors (Lipinski definition) is 3. The van der Waals surface area contributed by atoms with Gasteiger partial charge in [0.05, 0.1) is 16.9 Å². The Bertz CT molecular complexity index is 1190. The van der Waals surface area contributed by atoms with E-state index in [2.05, 4.69) is 15.6 Å². The number of alkyl halides is 3. The van der Waals surface area contributed by atoms with Crippen LogP contribution in [0.3, 0.4) is 0 Å². The number of rotatable bonds is 4. The molecule has 0 atom stereocenters. The lowest BCUT2D eigenvalue weighted by Gasteiger charge is -2.12. The molecule has 31 heavy (non-hydrogen) atoms. The van der Waals surface area contributed by atoms with Gasteiger partial charge in [0.15, 0.2) is 0 Å². The first-order valence-corrected chi connectivity index (χ1v) is 10.1. The third-order valence-electron chi connectivity index (χ3n) is 4.45. The molecule has 0 unspecified atom stereocenters. The Balaban J connectivity index is 1.50. The lowest BCUT2D eigenvalue weighted by molar-refractivity contribution is -0.137. The van der Waals surface area contributed by atoms with Crippen LogP contribution in [0.25, 0.3) is 21.8 Å². The Kier molecular flexibility index (Phi) is 5.73. The highest BCUT2D eigenvalue weighted by Gasteiger charge is 2.30. The summed E-state index contributed by atoms with van der Waals surface area (Å²) >= 11 is 1.46. The van der Waals surface area contributed by atoms with E-state index in [-0.39, 0.29) is 5.69 Å². The first-order valence-electron chi connectivity index (χ1n) is 9.26. The van der Waals surface area contributed by atoms with Crippen molar-refractivity contribution in [3.8, 4) is 21.8 Å². The molecule has 3 aromatic carbocycles. The molecule has 0 saturated heterocycles. The Labute approximate surface area is 180 Å². The van der Waals surface area contributed by atoms with Crippen molar-refractivity contribution in [2.75, 3.05) is 10.6 Å². The second kappa shape index (κ2) is 8.61. The van der Waals surface area contributed by atoms with Crippen molar-refractivity contribution >= 4 is 28.7 Å². The van der Waals surface area contributed by atoms with Gasteiger partial charge in [-0.15, -0.1) is 11.3 Å². The van der Waals surface area contributed by atoms with Crippen LogP contribution in [0.4, 0.5) is 29.3 Å². The summed E-state index contributed by atoms with van der Waals surface area (Å²) in [6.07, 6.45) is -4.42. The number of anilines is 2. The number of urea groups is 1. The standard InChI is InChI=1S/C23H16F3N3OS/c24-23(25,26)16-10-12-17(13-11-16)27-22(30)29-19-9-5-4-8-18(19)21-28-20(14-31-21)15-6-2-1-3-7-15/h1-14H,(H2,27,29,30). The van der Waals surface area contributed by atoms with Gasteiger partial charge >= 0.3 is 12.2 Å². The second-order valence-electron chi connectivity index (χ2n) is 6.60. The molecule has 2 N–H and O–H groups in total. The molecular weight excluding hydrogens is 423 g/mol. The molecule has 0 aliphatic rings. The molecule has 1 aromatic heterocycles. The van der Waals surface area contributed by atoms with E-state index in [1.165, 1.54) is 23.5 Å². The summed E-state index contributed by atoms with van der Waals surface area (Å²) in [5.74, 6) is 0. The van der Waals surface area contributed by atoms with Crippen molar-refractivity contribution in [1.29, 1.82) is 0 Å². The Morgan fingerprint density at radius 3 is 2.23 bits per heavy atom. The highest BCUT2D eigenvalue weighted by Crippen LogP contribution is 2.33. The summed E-state index contributed by atoms with van der Waals surface area (Å²) < 4.78 is 38.0. The first-order chi connectivity index (χ1) is 14.9. The number of amides is 2. The molecule has 0 aliphatic carbocycles. The van der Waals surface area contributed by atoms with Crippen molar-refractivity contribution in [2.45, 2.75) is 6.18 Å². The molecule has 0 radical (unpaired) electrons. The number of nitrogens with one attached hydrogen (secondary N) is 2. The quantitative estimate of drug-likeness (QED) is 0.355. The van der Waals surface area contributed by atoms with Crippen LogP contribution in [-0.4, -0.2) is 11.0 Å². The second-order valence-corrected chi connectivity index (χ2v) is 7.46. The van der Waals surface area contributed by atoms with Crippen molar-refractivity contribution in [3.05, 3.63) is 89.8 Å². The van der Waals surface area contributed by atoms with Crippen LogP contribution >= 0.6 is 11.3 Å². The average molecular weight is 439 g/mol. The van der Waals surface area contributed by atoms with Gasteiger partial charge in [-0.1, -0.05) is 42.5 Å². The summed E-state index contributed by atoms with van der Waals surface area (Å²) in [5, 5.41) is 7.98. The van der Waals surface area contributed by atoms with E-state index >= 15 is 0 Å². The minimum atomic E-state index is -4.42. The third-order valence-corrected chi connectivity index (χ3v) is 5.33. The van der Waals surface area contributed by atoms with Gasteiger partial charge in [-0.05, 0) is 36.4 Å². The number of hydrogen-bond donors (Lipinski definition) is 2. The lowest BCUT2D eigenvalue weighted by Crippen LogP contribution is -2.20. The van der Waals surface area contributed by atoms with Crippen molar-refractivity contribution in [3.63, 3.8) is 0 Å².